The summed E-state index contributed by atoms with van der Waals surface area (Å²) in [5.74, 6) is 0.331. The fraction of sp³-hybridized carbons (Fsp3) is 0.649. The molecule has 0 radical (unpaired) electrons. The molecule has 8 rings (SSSR count). The molecule has 0 amide bonds. The highest BCUT2D eigenvalue weighted by Crippen LogP contribution is 2.44. The molecule has 0 saturated heterocycles. The Morgan fingerprint density at radius 2 is 0.571 bits per heavy atom. The fourth-order valence-corrected chi connectivity index (χ4v) is 16.3. The lowest BCUT2D eigenvalue weighted by atomic mass is 9.92. The number of para-hydroxylation sites is 2. The molecule has 8 aromatic rings. The molecule has 4 aromatic heterocycles. The smallest absolute Gasteiger partial charge is 0.263 e. The Balaban J connectivity index is 1.23. The van der Waals surface area contributed by atoms with Crippen LogP contribution in [0.1, 0.15) is 285 Å². The lowest BCUT2D eigenvalue weighted by molar-refractivity contribution is 0.350. The maximum absolute atomic E-state index is 16.0. The minimum atomic E-state index is -0.323. The number of aromatic nitrogens is 4. The molecule has 2 N–H and O–H groups in total. The summed E-state index contributed by atoms with van der Waals surface area (Å²) in [5, 5.41) is 2.62. The van der Waals surface area contributed by atoms with E-state index in [9.17, 15) is 0 Å². The summed E-state index contributed by atoms with van der Waals surface area (Å²) in [5.41, 5.74) is 1.63. The summed E-state index contributed by atoms with van der Waals surface area (Å²) in [6.45, 7) is 9.80. The Bertz CT molecular complexity index is 3120. The van der Waals surface area contributed by atoms with Crippen molar-refractivity contribution in [3.05, 3.63) is 89.9 Å². The minimum Gasteiger partial charge on any atom is -0.353 e. The number of fused-ring (bicyclic) bond motifs is 8. The average molecular weight is 1180 g/mol. The van der Waals surface area contributed by atoms with Crippen molar-refractivity contribution in [2.75, 3.05) is 0 Å². The number of nitrogens with one attached hydrogen (secondary N) is 2. The summed E-state index contributed by atoms with van der Waals surface area (Å²) in [6, 6.07) is 16.2. The van der Waals surface area contributed by atoms with Gasteiger partial charge in [0.05, 0.1) is 62.4 Å². The van der Waals surface area contributed by atoms with E-state index in [2.05, 4.69) is 49.8 Å². The second kappa shape index (κ2) is 35.3. The second-order valence-electron chi connectivity index (χ2n) is 25.7. The van der Waals surface area contributed by atoms with Crippen molar-refractivity contribution in [1.82, 2.24) is 19.1 Å². The van der Waals surface area contributed by atoms with Crippen molar-refractivity contribution in [1.29, 1.82) is 0 Å². The molecular weight excluding hydrogens is 1070 g/mol. The van der Waals surface area contributed by atoms with Gasteiger partial charge in [-0.2, -0.15) is 0 Å². The summed E-state index contributed by atoms with van der Waals surface area (Å²) in [7, 11) is 0. The van der Waals surface area contributed by atoms with Crippen LogP contribution < -0.4 is 22.2 Å². The van der Waals surface area contributed by atoms with E-state index in [-0.39, 0.29) is 34.1 Å². The molecule has 10 heteroatoms. The normalized spacial score (nSPS) is 13.0. The predicted octanol–water partition coefficient (Wildman–Crippen LogP) is 22.5. The van der Waals surface area contributed by atoms with Gasteiger partial charge in [-0.25, -0.2) is 0 Å². The highest BCUT2D eigenvalue weighted by Gasteiger charge is 2.30. The topological polar surface area (TPSA) is 110 Å². The maximum atomic E-state index is 16.0. The van der Waals surface area contributed by atoms with E-state index in [4.69, 9.17) is 0 Å². The van der Waals surface area contributed by atoms with E-state index in [1.54, 1.807) is 9.13 Å². The summed E-state index contributed by atoms with van der Waals surface area (Å²) < 4.78 is 6.43. The largest absolute Gasteiger partial charge is 0.353 e. The minimum absolute atomic E-state index is 0.165. The quantitative estimate of drug-likeness (QED) is 0.0225. The number of rotatable bonds is 44. The molecule has 4 heterocycles. The van der Waals surface area contributed by atoms with Crippen LogP contribution in [0.3, 0.4) is 0 Å². The molecule has 460 valence electrons. The molecule has 84 heavy (non-hydrogen) atoms. The van der Waals surface area contributed by atoms with Gasteiger partial charge in [-0.1, -0.05) is 283 Å². The van der Waals surface area contributed by atoms with Gasteiger partial charge in [-0.15, -0.1) is 22.7 Å². The molecule has 2 atom stereocenters. The standard InChI is InChI=1S/C74H108N4O4S2/c1-5-9-13-17-21-25-27-31-35-39-47-55(45-37-33-29-23-19-15-11-7-3)53-77-71(79)63-61-62-64(68-69(65(61)73(77)81)83-59-51-43-42-50-58(59)76-68)72(80)78(74(82)66(62)70-67(63)75-57-49-41-44-52-60(57)84-70)54-56(46-38-34-30-24-20-16-12-8-4)48-40-36-32-28-26-22-18-14-10-6-2/h41-44,49-52,55-56,75-76H,5-40,45-48,53-54H2,1-4H3. The third-order valence-electron chi connectivity index (χ3n) is 19.0. The first-order valence-electron chi connectivity index (χ1n) is 34.8. The first-order valence-corrected chi connectivity index (χ1v) is 36.5. The zero-order valence-corrected chi connectivity index (χ0v) is 54.4. The maximum Gasteiger partial charge on any atom is 0.263 e. The Kier molecular flexibility index (Phi) is 27.5. The van der Waals surface area contributed by atoms with E-state index in [0.717, 1.165) is 84.6 Å². The number of benzene rings is 4. The van der Waals surface area contributed by atoms with Crippen LogP contribution in [0.5, 0.6) is 0 Å². The Morgan fingerprint density at radius 3 is 0.857 bits per heavy atom. The van der Waals surface area contributed by atoms with Gasteiger partial charge >= 0.3 is 0 Å². The number of unbranched alkanes of at least 4 members (excludes halogenated alkanes) is 32. The summed E-state index contributed by atoms with van der Waals surface area (Å²) in [4.78, 5) is 71.3. The van der Waals surface area contributed by atoms with Gasteiger partial charge in [0.25, 0.3) is 22.2 Å². The molecule has 0 aliphatic carbocycles. The number of hydrogen-bond acceptors (Lipinski definition) is 6. The molecule has 0 aliphatic rings. The predicted molar refractivity (Wildman–Crippen MR) is 369 cm³/mol. The second-order valence-corrected chi connectivity index (χ2v) is 27.9. The third kappa shape index (κ3) is 17.4. The fourth-order valence-electron chi connectivity index (χ4n) is 14.0. The molecule has 0 fully saturated rings. The molecule has 0 spiro atoms. The van der Waals surface area contributed by atoms with Crippen LogP contribution in [0.2, 0.25) is 0 Å². The van der Waals surface area contributed by atoms with Crippen molar-refractivity contribution in [2.45, 2.75) is 298 Å². The average Bonchev–Trinajstić information content (AvgIpc) is 0.721. The van der Waals surface area contributed by atoms with Gasteiger partial charge < -0.3 is 9.97 Å². The van der Waals surface area contributed by atoms with E-state index in [0.29, 0.717) is 65.8 Å². The first kappa shape index (κ1) is 65.4. The molecular formula is C74H108N4O4S2. The van der Waals surface area contributed by atoms with Crippen LogP contribution in [0, 0.1) is 11.8 Å². The Labute approximate surface area is 511 Å². The van der Waals surface area contributed by atoms with E-state index < -0.39 is 0 Å². The Hall–Kier alpha value is -4.54. The number of hydrogen-bond donors (Lipinski definition) is 2. The first-order chi connectivity index (χ1) is 41.3. The van der Waals surface area contributed by atoms with Gasteiger partial charge in [0.15, 0.2) is 0 Å². The zero-order chi connectivity index (χ0) is 58.9. The number of pyridine rings is 2. The summed E-state index contributed by atoms with van der Waals surface area (Å²) >= 11 is 3.04. The molecule has 0 saturated carbocycles. The summed E-state index contributed by atoms with van der Waals surface area (Å²) in [6.07, 6.45) is 49.0. The monoisotopic (exact) mass is 1180 g/mol. The zero-order valence-electron chi connectivity index (χ0n) is 52.8. The highest BCUT2D eigenvalue weighted by molar-refractivity contribution is 7.26. The van der Waals surface area contributed by atoms with Crippen molar-refractivity contribution < 1.29 is 0 Å². The van der Waals surface area contributed by atoms with E-state index in [1.165, 1.54) is 215 Å². The number of nitrogens with zero attached hydrogens (tertiary/aromatic N) is 2. The van der Waals surface area contributed by atoms with Crippen LogP contribution in [0.25, 0.3) is 73.2 Å². The van der Waals surface area contributed by atoms with Crippen molar-refractivity contribution >= 4 is 95.9 Å². The van der Waals surface area contributed by atoms with Gasteiger partial charge in [-0.3, -0.25) is 28.3 Å². The van der Waals surface area contributed by atoms with Crippen molar-refractivity contribution in [3.8, 4) is 0 Å². The lowest BCUT2D eigenvalue weighted by Crippen LogP contribution is -2.38. The van der Waals surface area contributed by atoms with Gasteiger partial charge in [0, 0.05) is 23.9 Å². The van der Waals surface area contributed by atoms with Gasteiger partial charge in [0.1, 0.15) is 0 Å². The van der Waals surface area contributed by atoms with Crippen molar-refractivity contribution in [3.63, 3.8) is 0 Å². The van der Waals surface area contributed by atoms with Crippen LogP contribution in [0.15, 0.2) is 67.7 Å². The number of aromatic amines is 2. The van der Waals surface area contributed by atoms with E-state index >= 15 is 19.2 Å². The van der Waals surface area contributed by atoms with E-state index in [1.807, 2.05) is 36.4 Å². The van der Waals surface area contributed by atoms with Crippen LogP contribution in [-0.4, -0.2) is 19.1 Å². The highest BCUT2D eigenvalue weighted by atomic mass is 32.1. The molecule has 0 bridgehead atoms. The molecule has 0 aliphatic heterocycles. The molecule has 8 nitrogen and oxygen atoms in total. The van der Waals surface area contributed by atoms with Crippen LogP contribution in [-0.2, 0) is 13.1 Å². The Morgan fingerprint density at radius 1 is 0.321 bits per heavy atom. The lowest BCUT2D eigenvalue weighted by Gasteiger charge is -2.22. The number of H-pyrrole nitrogens is 2. The SMILES string of the molecule is CCCCCCCCCCCCC(CCCCCCCCCC)Cn1c(=O)c2c3[nH]c4ccccc4sc3c3c(=O)n(CC(CCCCCCCCCC)CCCCCCCCCCCC)c(=O)c4c5[nH]c6ccccc6sc5c(c1=O)c2c43. The van der Waals surface area contributed by atoms with Gasteiger partial charge in [0.2, 0.25) is 0 Å². The van der Waals surface area contributed by atoms with Crippen molar-refractivity contribution in [2.24, 2.45) is 11.8 Å². The molecule has 2 unspecified atom stereocenters. The van der Waals surface area contributed by atoms with Crippen LogP contribution in [0.4, 0.5) is 0 Å². The third-order valence-corrected chi connectivity index (χ3v) is 21.3. The van der Waals surface area contributed by atoms with Gasteiger partial charge in [-0.05, 0) is 61.8 Å². The van der Waals surface area contributed by atoms with Crippen LogP contribution >= 0.6 is 22.7 Å². The molecule has 4 aromatic carbocycles.